The third-order valence-corrected chi connectivity index (χ3v) is 3.35. The topological polar surface area (TPSA) is 38.7 Å². The predicted molar refractivity (Wildman–Crippen MR) is 88.3 cm³/mol. The second-order valence-corrected chi connectivity index (χ2v) is 4.86. The minimum atomic E-state index is 0.157. The molecule has 3 aromatic rings. The molecule has 0 aliphatic rings. The smallest absolute Gasteiger partial charge is 0.134 e. The van der Waals surface area contributed by atoms with Gasteiger partial charge in [0.15, 0.2) is 0 Å². The summed E-state index contributed by atoms with van der Waals surface area (Å²) in [6.07, 6.45) is 3.39. The SMILES string of the molecule is COc1cc(O)cc(C=COc2cccc3ccccc23)c1. The van der Waals surface area contributed by atoms with E-state index in [2.05, 4.69) is 0 Å². The average molecular weight is 292 g/mol. The van der Waals surface area contributed by atoms with Crippen molar-refractivity contribution in [2.45, 2.75) is 0 Å². The van der Waals surface area contributed by atoms with Crippen molar-refractivity contribution >= 4 is 16.8 Å². The summed E-state index contributed by atoms with van der Waals surface area (Å²) >= 11 is 0. The Morgan fingerprint density at radius 1 is 0.955 bits per heavy atom. The van der Waals surface area contributed by atoms with Gasteiger partial charge in [-0.15, -0.1) is 0 Å². The predicted octanol–water partition coefficient (Wildman–Crippen LogP) is 4.60. The van der Waals surface area contributed by atoms with Crippen LogP contribution in [0.2, 0.25) is 0 Å². The lowest BCUT2D eigenvalue weighted by molar-refractivity contribution is 0.407. The van der Waals surface area contributed by atoms with Crippen molar-refractivity contribution in [2.24, 2.45) is 0 Å². The molecule has 1 N–H and O–H groups in total. The Morgan fingerprint density at radius 2 is 1.77 bits per heavy atom. The van der Waals surface area contributed by atoms with Gasteiger partial charge < -0.3 is 14.6 Å². The van der Waals surface area contributed by atoms with Crippen LogP contribution in [-0.4, -0.2) is 12.2 Å². The second-order valence-electron chi connectivity index (χ2n) is 4.86. The molecule has 0 unspecified atom stereocenters. The highest BCUT2D eigenvalue weighted by atomic mass is 16.5. The number of phenols is 1. The molecule has 3 nitrogen and oxygen atoms in total. The van der Waals surface area contributed by atoms with Crippen molar-refractivity contribution in [1.29, 1.82) is 0 Å². The number of benzene rings is 3. The van der Waals surface area contributed by atoms with Crippen molar-refractivity contribution in [3.05, 3.63) is 72.5 Å². The molecule has 22 heavy (non-hydrogen) atoms. The van der Waals surface area contributed by atoms with E-state index in [-0.39, 0.29) is 5.75 Å². The Labute approximate surface area is 129 Å². The molecule has 0 amide bonds. The van der Waals surface area contributed by atoms with E-state index in [1.807, 2.05) is 48.5 Å². The first-order valence-corrected chi connectivity index (χ1v) is 6.95. The quantitative estimate of drug-likeness (QED) is 0.714. The van der Waals surface area contributed by atoms with Crippen molar-refractivity contribution in [3.63, 3.8) is 0 Å². The highest BCUT2D eigenvalue weighted by molar-refractivity contribution is 5.88. The summed E-state index contributed by atoms with van der Waals surface area (Å²) in [6.45, 7) is 0. The van der Waals surface area contributed by atoms with Crippen molar-refractivity contribution < 1.29 is 14.6 Å². The fraction of sp³-hybridized carbons (Fsp3) is 0.0526. The number of rotatable bonds is 4. The van der Waals surface area contributed by atoms with Gasteiger partial charge in [0.25, 0.3) is 0 Å². The minimum Gasteiger partial charge on any atom is -0.508 e. The maximum atomic E-state index is 9.63. The van der Waals surface area contributed by atoms with E-state index in [1.165, 1.54) is 0 Å². The van der Waals surface area contributed by atoms with Crippen LogP contribution in [-0.2, 0) is 0 Å². The van der Waals surface area contributed by atoms with E-state index in [1.54, 1.807) is 31.6 Å². The first-order chi connectivity index (χ1) is 10.8. The van der Waals surface area contributed by atoms with Gasteiger partial charge in [-0.05, 0) is 35.2 Å². The summed E-state index contributed by atoms with van der Waals surface area (Å²) in [5.41, 5.74) is 0.803. The monoisotopic (exact) mass is 292 g/mol. The Bertz CT molecular complexity index is 817. The van der Waals surface area contributed by atoms with Crippen LogP contribution in [0.15, 0.2) is 66.9 Å². The minimum absolute atomic E-state index is 0.157. The van der Waals surface area contributed by atoms with Crippen molar-refractivity contribution in [3.8, 4) is 17.2 Å². The third-order valence-electron chi connectivity index (χ3n) is 3.35. The number of methoxy groups -OCH3 is 1. The van der Waals surface area contributed by atoms with E-state index in [0.29, 0.717) is 5.75 Å². The summed E-state index contributed by atoms with van der Waals surface area (Å²) in [4.78, 5) is 0. The third kappa shape index (κ3) is 3.04. The first-order valence-electron chi connectivity index (χ1n) is 6.95. The summed E-state index contributed by atoms with van der Waals surface area (Å²) in [6, 6.07) is 19.0. The molecule has 0 aromatic heterocycles. The van der Waals surface area contributed by atoms with Crippen LogP contribution in [0.3, 0.4) is 0 Å². The number of hydrogen-bond donors (Lipinski definition) is 1. The molecule has 0 saturated heterocycles. The molecular weight excluding hydrogens is 276 g/mol. The molecule has 0 saturated carbocycles. The number of ether oxygens (including phenoxy) is 2. The van der Waals surface area contributed by atoms with E-state index < -0.39 is 0 Å². The molecule has 0 spiro atoms. The molecule has 110 valence electrons. The lowest BCUT2D eigenvalue weighted by atomic mass is 10.1. The lowest BCUT2D eigenvalue weighted by Gasteiger charge is -2.05. The van der Waals surface area contributed by atoms with Gasteiger partial charge in [0.05, 0.1) is 13.4 Å². The lowest BCUT2D eigenvalue weighted by Crippen LogP contribution is -1.86. The van der Waals surface area contributed by atoms with Gasteiger partial charge >= 0.3 is 0 Å². The van der Waals surface area contributed by atoms with Crippen LogP contribution in [0.5, 0.6) is 17.2 Å². The summed E-state index contributed by atoms with van der Waals surface area (Å²) in [5, 5.41) is 11.8. The van der Waals surface area contributed by atoms with Gasteiger partial charge in [0.1, 0.15) is 17.2 Å². The highest BCUT2D eigenvalue weighted by Gasteiger charge is 2.00. The normalized spacial score (nSPS) is 11.0. The Balaban J connectivity index is 1.83. The molecule has 0 aliphatic carbocycles. The molecule has 0 bridgehead atoms. The van der Waals surface area contributed by atoms with E-state index in [4.69, 9.17) is 9.47 Å². The molecule has 0 radical (unpaired) electrons. The van der Waals surface area contributed by atoms with E-state index in [0.717, 1.165) is 22.1 Å². The molecule has 3 rings (SSSR count). The fourth-order valence-electron chi connectivity index (χ4n) is 2.30. The van der Waals surface area contributed by atoms with Crippen molar-refractivity contribution in [2.75, 3.05) is 7.11 Å². The van der Waals surface area contributed by atoms with Gasteiger partial charge in [0.2, 0.25) is 0 Å². The van der Waals surface area contributed by atoms with Gasteiger partial charge in [-0.2, -0.15) is 0 Å². The maximum Gasteiger partial charge on any atom is 0.134 e. The molecule has 0 heterocycles. The zero-order valence-electron chi connectivity index (χ0n) is 12.2. The number of aromatic hydroxyl groups is 1. The van der Waals surface area contributed by atoms with Crippen LogP contribution in [0, 0.1) is 0 Å². The van der Waals surface area contributed by atoms with Gasteiger partial charge in [-0.1, -0.05) is 36.4 Å². The van der Waals surface area contributed by atoms with E-state index in [9.17, 15) is 5.11 Å². The molecule has 0 aliphatic heterocycles. The number of phenolic OH excluding ortho intramolecular Hbond substituents is 1. The van der Waals surface area contributed by atoms with Gasteiger partial charge in [0, 0.05) is 11.5 Å². The van der Waals surface area contributed by atoms with Crippen LogP contribution < -0.4 is 9.47 Å². The Kier molecular flexibility index (Phi) is 3.97. The fourth-order valence-corrected chi connectivity index (χ4v) is 2.30. The van der Waals surface area contributed by atoms with E-state index >= 15 is 0 Å². The average Bonchev–Trinajstić information content (AvgIpc) is 2.54. The van der Waals surface area contributed by atoms with Crippen LogP contribution in [0.4, 0.5) is 0 Å². The Hall–Kier alpha value is -2.94. The summed E-state index contributed by atoms with van der Waals surface area (Å²) < 4.78 is 10.9. The second kappa shape index (κ2) is 6.22. The molecule has 3 heteroatoms. The number of fused-ring (bicyclic) bond motifs is 1. The van der Waals surface area contributed by atoms with Crippen LogP contribution in [0.1, 0.15) is 5.56 Å². The van der Waals surface area contributed by atoms with Crippen LogP contribution in [0.25, 0.3) is 16.8 Å². The molecule has 0 atom stereocenters. The summed E-state index contributed by atoms with van der Waals surface area (Å²) in [5.74, 6) is 1.55. The molecule has 3 aromatic carbocycles. The van der Waals surface area contributed by atoms with Gasteiger partial charge in [-0.3, -0.25) is 0 Å². The highest BCUT2D eigenvalue weighted by Crippen LogP contribution is 2.26. The van der Waals surface area contributed by atoms with Crippen molar-refractivity contribution in [1.82, 2.24) is 0 Å². The maximum absolute atomic E-state index is 9.63. The summed E-state index contributed by atoms with van der Waals surface area (Å²) in [7, 11) is 1.56. The Morgan fingerprint density at radius 3 is 2.64 bits per heavy atom. The first kappa shape index (κ1) is 14.0. The molecular formula is C19H16O3. The zero-order valence-corrected chi connectivity index (χ0v) is 12.2. The number of hydrogen-bond acceptors (Lipinski definition) is 3. The van der Waals surface area contributed by atoms with Gasteiger partial charge in [-0.25, -0.2) is 0 Å². The largest absolute Gasteiger partial charge is 0.508 e. The van der Waals surface area contributed by atoms with Crippen LogP contribution >= 0.6 is 0 Å². The molecule has 0 fully saturated rings. The standard InChI is InChI=1S/C19H16O3/c1-21-17-12-14(11-16(20)13-17)9-10-22-19-8-4-6-15-5-2-3-7-18(15)19/h2-13,20H,1H3. The zero-order chi connectivity index (χ0) is 15.4.